The summed E-state index contributed by atoms with van der Waals surface area (Å²) >= 11 is 0. The molecule has 2 aromatic carbocycles. The van der Waals surface area contributed by atoms with Gasteiger partial charge in [-0.2, -0.15) is 0 Å². The zero-order chi connectivity index (χ0) is 22.1. The van der Waals surface area contributed by atoms with E-state index in [0.717, 1.165) is 45.5 Å². The number of hydrogen-bond acceptors (Lipinski definition) is 8. The number of nitrogens with one attached hydrogen (secondary N) is 1. The number of rotatable bonds is 6. The van der Waals surface area contributed by atoms with Gasteiger partial charge in [0.2, 0.25) is 11.7 Å². The van der Waals surface area contributed by atoms with Gasteiger partial charge >= 0.3 is 0 Å². The SMILES string of the molecule is Cc1cccc(-c2nnc(-c3nc(NCCc4c(C)noc4C)c4ccccc4n3)o2)c1. The number of hydrogen-bond donors (Lipinski definition) is 1. The first-order chi connectivity index (χ1) is 15.6. The van der Waals surface area contributed by atoms with Crippen LogP contribution in [0.2, 0.25) is 0 Å². The van der Waals surface area contributed by atoms with Gasteiger partial charge in [-0.25, -0.2) is 9.97 Å². The molecule has 0 spiro atoms. The Morgan fingerprint density at radius 3 is 2.56 bits per heavy atom. The first-order valence-corrected chi connectivity index (χ1v) is 10.4. The van der Waals surface area contributed by atoms with E-state index in [1.807, 2.05) is 69.3 Å². The molecule has 8 nitrogen and oxygen atoms in total. The minimum atomic E-state index is 0.279. The second-order valence-electron chi connectivity index (χ2n) is 7.67. The van der Waals surface area contributed by atoms with E-state index in [0.29, 0.717) is 24.1 Å². The predicted molar refractivity (Wildman–Crippen MR) is 121 cm³/mol. The third-order valence-electron chi connectivity index (χ3n) is 5.33. The number of aromatic nitrogens is 5. The fourth-order valence-electron chi connectivity index (χ4n) is 3.68. The molecule has 1 N–H and O–H groups in total. The van der Waals surface area contributed by atoms with Crippen molar-refractivity contribution in [2.45, 2.75) is 27.2 Å². The van der Waals surface area contributed by atoms with E-state index in [2.05, 4.69) is 25.7 Å². The second kappa shape index (κ2) is 8.22. The maximum absolute atomic E-state index is 5.91. The molecule has 0 radical (unpaired) electrons. The largest absolute Gasteiger partial charge is 0.413 e. The standard InChI is InChI=1S/C24H22N6O2/c1-14-7-6-8-17(13-14)23-28-29-24(31-23)22-26-20-10-5-4-9-19(20)21(27-22)25-12-11-18-15(2)30-32-16(18)3/h4-10,13H,11-12H2,1-3H3,(H,25,26,27). The Morgan fingerprint density at radius 2 is 1.75 bits per heavy atom. The van der Waals surface area contributed by atoms with Gasteiger partial charge in [0.15, 0.2) is 0 Å². The molecular formula is C24H22N6O2. The molecule has 0 saturated carbocycles. The van der Waals surface area contributed by atoms with Crippen LogP contribution in [0.25, 0.3) is 34.1 Å². The summed E-state index contributed by atoms with van der Waals surface area (Å²) in [5, 5.41) is 16.8. The van der Waals surface area contributed by atoms with Crippen LogP contribution in [0.15, 0.2) is 57.5 Å². The fourth-order valence-corrected chi connectivity index (χ4v) is 3.68. The smallest absolute Gasteiger partial charge is 0.286 e. The molecule has 160 valence electrons. The summed E-state index contributed by atoms with van der Waals surface area (Å²) in [5.74, 6) is 2.66. The van der Waals surface area contributed by atoms with Crippen molar-refractivity contribution >= 4 is 16.7 Å². The van der Waals surface area contributed by atoms with Gasteiger partial charge in [-0.1, -0.05) is 35.0 Å². The molecule has 32 heavy (non-hydrogen) atoms. The van der Waals surface area contributed by atoms with Crippen molar-refractivity contribution in [3.63, 3.8) is 0 Å². The Balaban J connectivity index is 1.46. The van der Waals surface area contributed by atoms with Crippen molar-refractivity contribution in [2.24, 2.45) is 0 Å². The van der Waals surface area contributed by atoms with E-state index in [1.165, 1.54) is 0 Å². The highest BCUT2D eigenvalue weighted by atomic mass is 16.5. The summed E-state index contributed by atoms with van der Waals surface area (Å²) in [6, 6.07) is 15.8. The summed E-state index contributed by atoms with van der Waals surface area (Å²) in [6.45, 7) is 6.57. The monoisotopic (exact) mass is 426 g/mol. The Labute approximate surface area is 184 Å². The van der Waals surface area contributed by atoms with E-state index < -0.39 is 0 Å². The molecule has 0 amide bonds. The molecule has 0 atom stereocenters. The van der Waals surface area contributed by atoms with Crippen molar-refractivity contribution in [3.8, 4) is 23.2 Å². The molecule has 5 aromatic rings. The molecule has 3 heterocycles. The summed E-state index contributed by atoms with van der Waals surface area (Å²) < 4.78 is 11.2. The molecule has 3 aromatic heterocycles. The number of aryl methyl sites for hydroxylation is 3. The Morgan fingerprint density at radius 1 is 0.906 bits per heavy atom. The first-order valence-electron chi connectivity index (χ1n) is 10.4. The third kappa shape index (κ3) is 3.82. The van der Waals surface area contributed by atoms with Gasteiger partial charge in [0.25, 0.3) is 5.89 Å². The van der Waals surface area contributed by atoms with Gasteiger partial charge in [-0.15, -0.1) is 10.2 Å². The van der Waals surface area contributed by atoms with Crippen molar-refractivity contribution < 1.29 is 8.94 Å². The lowest BCUT2D eigenvalue weighted by Crippen LogP contribution is -2.09. The molecule has 0 unspecified atom stereocenters. The van der Waals surface area contributed by atoms with Crippen molar-refractivity contribution in [2.75, 3.05) is 11.9 Å². The lowest BCUT2D eigenvalue weighted by Gasteiger charge is -2.09. The molecule has 0 aliphatic carbocycles. The average Bonchev–Trinajstić information content (AvgIpc) is 3.41. The molecule has 0 aliphatic heterocycles. The van der Waals surface area contributed by atoms with Crippen molar-refractivity contribution in [1.29, 1.82) is 0 Å². The van der Waals surface area contributed by atoms with Crippen LogP contribution in [-0.2, 0) is 6.42 Å². The molecule has 0 saturated heterocycles. The number of benzene rings is 2. The normalized spacial score (nSPS) is 11.2. The number of nitrogens with zero attached hydrogens (tertiary/aromatic N) is 5. The van der Waals surface area contributed by atoms with Gasteiger partial charge in [0.1, 0.15) is 11.6 Å². The minimum Gasteiger partial charge on any atom is -0.413 e. The maximum atomic E-state index is 5.91. The number of fused-ring (bicyclic) bond motifs is 1. The highest BCUT2D eigenvalue weighted by Crippen LogP contribution is 2.27. The van der Waals surface area contributed by atoms with Gasteiger partial charge in [0, 0.05) is 23.1 Å². The topological polar surface area (TPSA) is 103 Å². The Hall–Kier alpha value is -4.07. The highest BCUT2D eigenvalue weighted by Gasteiger charge is 2.16. The van der Waals surface area contributed by atoms with Crippen LogP contribution in [0.4, 0.5) is 5.82 Å². The van der Waals surface area contributed by atoms with E-state index in [9.17, 15) is 0 Å². The Bertz CT molecular complexity index is 1390. The summed E-state index contributed by atoms with van der Waals surface area (Å²) in [6.07, 6.45) is 0.771. The number of para-hydroxylation sites is 1. The Kier molecular flexibility index (Phi) is 5.10. The van der Waals surface area contributed by atoms with Gasteiger partial charge < -0.3 is 14.3 Å². The van der Waals surface area contributed by atoms with Crippen LogP contribution < -0.4 is 5.32 Å². The van der Waals surface area contributed by atoms with Crippen LogP contribution in [0.5, 0.6) is 0 Å². The lowest BCUT2D eigenvalue weighted by molar-refractivity contribution is 0.392. The molecule has 0 fully saturated rings. The first kappa shape index (κ1) is 19.9. The molecule has 8 heteroatoms. The molecule has 0 aliphatic rings. The molecule has 0 bridgehead atoms. The van der Waals surface area contributed by atoms with E-state index in [1.54, 1.807) is 0 Å². The van der Waals surface area contributed by atoms with Gasteiger partial charge in [-0.3, -0.25) is 0 Å². The summed E-state index contributed by atoms with van der Waals surface area (Å²) in [4.78, 5) is 9.35. The summed E-state index contributed by atoms with van der Waals surface area (Å²) in [7, 11) is 0. The fraction of sp³-hybridized carbons (Fsp3) is 0.208. The number of anilines is 1. The van der Waals surface area contributed by atoms with Gasteiger partial charge in [0.05, 0.1) is 11.2 Å². The van der Waals surface area contributed by atoms with Crippen LogP contribution in [0, 0.1) is 20.8 Å². The van der Waals surface area contributed by atoms with E-state index in [-0.39, 0.29) is 5.89 Å². The molecular weight excluding hydrogens is 404 g/mol. The zero-order valence-corrected chi connectivity index (χ0v) is 18.1. The predicted octanol–water partition coefficient (Wildman–Crippen LogP) is 4.91. The summed E-state index contributed by atoms with van der Waals surface area (Å²) in [5.41, 5.74) is 4.80. The van der Waals surface area contributed by atoms with E-state index in [4.69, 9.17) is 13.9 Å². The quantitative estimate of drug-likeness (QED) is 0.408. The van der Waals surface area contributed by atoms with Crippen molar-refractivity contribution in [1.82, 2.24) is 25.3 Å². The highest BCUT2D eigenvalue weighted by molar-refractivity contribution is 5.90. The second-order valence-corrected chi connectivity index (χ2v) is 7.67. The van der Waals surface area contributed by atoms with E-state index >= 15 is 0 Å². The van der Waals surface area contributed by atoms with Crippen LogP contribution >= 0.6 is 0 Å². The van der Waals surface area contributed by atoms with Crippen molar-refractivity contribution in [3.05, 3.63) is 71.1 Å². The zero-order valence-electron chi connectivity index (χ0n) is 18.1. The van der Waals surface area contributed by atoms with Crippen LogP contribution in [0.1, 0.15) is 22.6 Å². The van der Waals surface area contributed by atoms with Crippen LogP contribution in [0.3, 0.4) is 0 Å². The van der Waals surface area contributed by atoms with Crippen LogP contribution in [-0.4, -0.2) is 31.9 Å². The lowest BCUT2D eigenvalue weighted by atomic mass is 10.1. The average molecular weight is 426 g/mol. The molecule has 5 rings (SSSR count). The third-order valence-corrected chi connectivity index (χ3v) is 5.33. The van der Waals surface area contributed by atoms with Gasteiger partial charge in [-0.05, 0) is 51.5 Å². The maximum Gasteiger partial charge on any atom is 0.286 e. The minimum absolute atomic E-state index is 0.279.